The molecule has 1 saturated carbocycles. The Bertz CT molecular complexity index is 1140. The highest BCUT2D eigenvalue weighted by Gasteiger charge is 2.50. The molecule has 3 aliphatic rings. The molecule has 0 saturated heterocycles. The van der Waals surface area contributed by atoms with Gasteiger partial charge in [0, 0.05) is 20.4 Å². The lowest BCUT2D eigenvalue weighted by molar-refractivity contribution is -0.127. The zero-order valence-electron chi connectivity index (χ0n) is 19.7. The fraction of sp³-hybridized carbons (Fsp3) is 0.500. The second-order valence-electron chi connectivity index (χ2n) is 10.3. The number of rotatable bonds is 2. The van der Waals surface area contributed by atoms with Gasteiger partial charge in [-0.2, -0.15) is 0 Å². The first kappa shape index (κ1) is 24.7. The lowest BCUT2D eigenvalue weighted by atomic mass is 9.61. The highest BCUT2D eigenvalue weighted by molar-refractivity contribution is 6.21. The first-order valence-electron chi connectivity index (χ1n) is 11.2. The van der Waals surface area contributed by atoms with Crippen LogP contribution in [0.25, 0.3) is 5.76 Å². The molecule has 1 aromatic rings. The van der Waals surface area contributed by atoms with Gasteiger partial charge in [0.2, 0.25) is 0 Å². The highest BCUT2D eigenvalue weighted by atomic mass is 16.3. The molecule has 0 heterocycles. The molecule has 0 amide bonds. The van der Waals surface area contributed by atoms with Gasteiger partial charge in [0.15, 0.2) is 17.3 Å². The van der Waals surface area contributed by atoms with E-state index in [1.807, 2.05) is 33.8 Å². The monoisotopic (exact) mass is 460 g/mol. The van der Waals surface area contributed by atoms with Gasteiger partial charge in [0.05, 0.1) is 17.1 Å². The van der Waals surface area contributed by atoms with Crippen molar-refractivity contribution in [2.24, 2.45) is 17.8 Å². The minimum Gasteiger partial charge on any atom is -0.511 e. The number of aliphatic hydroxyl groups is 2. The van der Waals surface area contributed by atoms with Crippen molar-refractivity contribution in [3.8, 4) is 5.75 Å². The Morgan fingerprint density at radius 2 is 1.79 bits per heavy atom. The van der Waals surface area contributed by atoms with Gasteiger partial charge in [0.1, 0.15) is 17.3 Å². The Morgan fingerprint density at radius 1 is 1.15 bits per heavy atom. The van der Waals surface area contributed by atoms with Gasteiger partial charge in [-0.3, -0.25) is 14.4 Å². The first-order chi connectivity index (χ1) is 14.9. The van der Waals surface area contributed by atoms with E-state index in [0.717, 1.165) is 11.1 Å². The molecule has 3 atom stereocenters. The van der Waals surface area contributed by atoms with Crippen LogP contribution in [0.1, 0.15) is 72.6 Å². The van der Waals surface area contributed by atoms with Crippen molar-refractivity contribution in [2.75, 3.05) is 0 Å². The Labute approximate surface area is 196 Å². The number of allylic oxidation sites excluding steroid dienone is 3. The molecule has 3 unspecified atom stereocenters. The third-order valence-electron chi connectivity index (χ3n) is 7.28. The van der Waals surface area contributed by atoms with Crippen LogP contribution in [0.4, 0.5) is 0 Å². The van der Waals surface area contributed by atoms with Crippen molar-refractivity contribution in [1.29, 1.82) is 0 Å². The summed E-state index contributed by atoms with van der Waals surface area (Å²) in [6, 6.07) is 1.98. The lowest BCUT2D eigenvalue weighted by Crippen LogP contribution is -2.43. The number of ketones is 3. The summed E-state index contributed by atoms with van der Waals surface area (Å²) in [5.74, 6) is -3.92. The zero-order chi connectivity index (χ0) is 23.7. The van der Waals surface area contributed by atoms with Crippen molar-refractivity contribution >= 4 is 23.1 Å². The number of aliphatic hydroxyl groups excluding tert-OH is 2. The molecule has 7 nitrogen and oxygen atoms in total. The van der Waals surface area contributed by atoms with Crippen molar-refractivity contribution in [1.82, 2.24) is 0 Å². The first-order valence-corrected chi connectivity index (χ1v) is 11.2. The molecule has 3 aliphatic carbocycles. The minimum atomic E-state index is -1.01. The van der Waals surface area contributed by atoms with E-state index in [1.165, 1.54) is 6.92 Å². The molecular weight excluding hydrogens is 424 g/mol. The Hall–Kier alpha value is -2.93. The molecular formula is C26H36O7. The Kier molecular flexibility index (Phi) is 6.09. The fourth-order valence-corrected chi connectivity index (χ4v) is 5.79. The number of carbonyl (C=O) groups excluding carboxylic acids is 3. The average Bonchev–Trinajstić information content (AvgIpc) is 2.66. The average molecular weight is 461 g/mol. The summed E-state index contributed by atoms with van der Waals surface area (Å²) in [4.78, 5) is 37.9. The predicted octanol–water partition coefficient (Wildman–Crippen LogP) is 3.94. The van der Waals surface area contributed by atoms with E-state index in [2.05, 4.69) is 0 Å². The van der Waals surface area contributed by atoms with Crippen LogP contribution < -0.4 is 0 Å². The van der Waals surface area contributed by atoms with E-state index in [-0.39, 0.29) is 48.7 Å². The molecule has 0 spiro atoms. The normalized spacial score (nSPS) is 24.7. The van der Waals surface area contributed by atoms with Crippen molar-refractivity contribution in [3.05, 3.63) is 45.2 Å². The van der Waals surface area contributed by atoms with Crippen LogP contribution >= 0.6 is 0 Å². The molecule has 1 fully saturated rings. The number of benzene rings is 1. The third-order valence-corrected chi connectivity index (χ3v) is 7.28. The molecule has 0 radical (unpaired) electrons. The van der Waals surface area contributed by atoms with Crippen LogP contribution in [0, 0.1) is 17.8 Å². The molecule has 182 valence electrons. The van der Waals surface area contributed by atoms with Crippen molar-refractivity contribution < 1.29 is 38.0 Å². The third kappa shape index (κ3) is 3.59. The molecule has 0 aromatic heterocycles. The van der Waals surface area contributed by atoms with E-state index in [4.69, 9.17) is 0 Å². The topological polar surface area (TPSA) is 143 Å². The molecule has 0 aliphatic heterocycles. The van der Waals surface area contributed by atoms with Crippen LogP contribution in [0.15, 0.2) is 23.0 Å². The number of phenolic OH excluding ortho intramolecular Hbond substituents is 1. The van der Waals surface area contributed by atoms with Crippen molar-refractivity contribution in [2.45, 2.75) is 65.7 Å². The second kappa shape index (κ2) is 8.13. The van der Waals surface area contributed by atoms with Gasteiger partial charge in [-0.1, -0.05) is 33.8 Å². The maximum Gasteiger partial charge on any atom is 0.173 e. The maximum absolute atomic E-state index is 13.5. The van der Waals surface area contributed by atoms with Crippen molar-refractivity contribution in [3.63, 3.8) is 0 Å². The number of aryl methyl sites for hydroxylation is 1. The summed E-state index contributed by atoms with van der Waals surface area (Å²) in [6.07, 6.45) is 1.66. The van der Waals surface area contributed by atoms with Gasteiger partial charge in [0.25, 0.3) is 0 Å². The maximum atomic E-state index is 13.5. The van der Waals surface area contributed by atoms with E-state index < -0.39 is 34.9 Å². The molecule has 4 rings (SSSR count). The number of hydrogen-bond donors (Lipinski definition) is 3. The van der Waals surface area contributed by atoms with Gasteiger partial charge in [-0.25, -0.2) is 0 Å². The number of phenols is 1. The summed E-state index contributed by atoms with van der Waals surface area (Å²) in [5, 5.41) is 33.1. The predicted molar refractivity (Wildman–Crippen MR) is 127 cm³/mol. The number of aromatic hydroxyl groups is 1. The summed E-state index contributed by atoms with van der Waals surface area (Å²) < 4.78 is 0. The van der Waals surface area contributed by atoms with Crippen LogP contribution in [0.3, 0.4) is 0 Å². The quantitative estimate of drug-likeness (QED) is 0.570. The lowest BCUT2D eigenvalue weighted by Gasteiger charge is -2.41. The smallest absolute Gasteiger partial charge is 0.173 e. The van der Waals surface area contributed by atoms with Crippen LogP contribution in [0.5, 0.6) is 5.75 Å². The molecule has 7 heteroatoms. The Morgan fingerprint density at radius 3 is 2.33 bits per heavy atom. The summed E-state index contributed by atoms with van der Waals surface area (Å²) in [7, 11) is 0. The standard InChI is InChI=1S/C26H30O6.H2O.2H2/c1-6-12-9-16(26(3,4)5)22(29)21-15(12)8-13-7-14-10-17(28)18(11(2)27)23(30)20(14)24(31)19(13)25(21)32;;;/h9,13-14,20,29-30,32H,6-8,10H2,1-5H3;1H2;2*1H. The molecule has 1 aromatic carbocycles. The summed E-state index contributed by atoms with van der Waals surface area (Å²) >= 11 is 0. The van der Waals surface area contributed by atoms with Gasteiger partial charge >= 0.3 is 0 Å². The highest BCUT2D eigenvalue weighted by Crippen LogP contribution is 2.52. The van der Waals surface area contributed by atoms with Crippen LogP contribution in [-0.2, 0) is 32.6 Å². The van der Waals surface area contributed by atoms with Gasteiger partial charge in [-0.15, -0.1) is 0 Å². The van der Waals surface area contributed by atoms with E-state index >= 15 is 0 Å². The van der Waals surface area contributed by atoms with E-state index in [9.17, 15) is 29.7 Å². The SMILES string of the molecule is CCc1cc(C(C)(C)C)c(O)c2c1CC1CC3CC(=O)C(C(C)=O)=C(O)C3C(=O)C1=C2O.O.[HH].[HH]. The van der Waals surface area contributed by atoms with Gasteiger partial charge in [-0.05, 0) is 54.6 Å². The zero-order valence-corrected chi connectivity index (χ0v) is 19.7. The number of fused-ring (bicyclic) bond motifs is 3. The van der Waals surface area contributed by atoms with E-state index in [0.29, 0.717) is 30.4 Å². The largest absolute Gasteiger partial charge is 0.511 e. The van der Waals surface area contributed by atoms with E-state index in [1.54, 1.807) is 0 Å². The number of Topliss-reactive ketones (excluding diaryl/α,β-unsaturated/α-hetero) is 3. The Balaban J connectivity index is 0.00000204. The second-order valence-corrected chi connectivity index (χ2v) is 10.3. The molecule has 33 heavy (non-hydrogen) atoms. The molecule has 0 bridgehead atoms. The number of carbonyl (C=O) groups is 3. The summed E-state index contributed by atoms with van der Waals surface area (Å²) in [5.41, 5.74) is 2.37. The van der Waals surface area contributed by atoms with Gasteiger partial charge < -0.3 is 20.8 Å². The number of hydrogen-bond acceptors (Lipinski definition) is 6. The van der Waals surface area contributed by atoms with Crippen LogP contribution in [0.2, 0.25) is 0 Å². The summed E-state index contributed by atoms with van der Waals surface area (Å²) in [6.45, 7) is 9.15. The fourth-order valence-electron chi connectivity index (χ4n) is 5.79. The molecule has 5 N–H and O–H groups in total. The minimum absolute atomic E-state index is 0. The van der Waals surface area contributed by atoms with Crippen LogP contribution in [-0.4, -0.2) is 38.1 Å².